The fraction of sp³-hybridized carbons (Fsp3) is 1.00. The van der Waals surface area contributed by atoms with Crippen molar-refractivity contribution in [2.75, 3.05) is 19.6 Å². The lowest BCUT2D eigenvalue weighted by Crippen LogP contribution is -2.56. The SMILES string of the molecule is BN1CCCC12CCCN(C(C)CC)C2. The summed E-state index contributed by atoms with van der Waals surface area (Å²) in [6.07, 6.45) is 6.95. The molecule has 86 valence electrons. The molecule has 0 N–H and O–H groups in total. The van der Waals surface area contributed by atoms with Crippen molar-refractivity contribution in [3.63, 3.8) is 0 Å². The highest BCUT2D eigenvalue weighted by atomic mass is 15.3. The van der Waals surface area contributed by atoms with Gasteiger partial charge in [-0.2, -0.15) is 0 Å². The molecule has 2 heterocycles. The zero-order valence-corrected chi connectivity index (χ0v) is 10.6. The van der Waals surface area contributed by atoms with E-state index in [0.717, 1.165) is 6.04 Å². The van der Waals surface area contributed by atoms with Crippen molar-refractivity contribution in [2.24, 2.45) is 0 Å². The Morgan fingerprint density at radius 1 is 1.27 bits per heavy atom. The predicted molar refractivity (Wildman–Crippen MR) is 67.8 cm³/mol. The zero-order valence-electron chi connectivity index (χ0n) is 10.6. The fourth-order valence-electron chi connectivity index (χ4n) is 3.37. The molecule has 0 radical (unpaired) electrons. The van der Waals surface area contributed by atoms with Crippen molar-refractivity contribution in [1.29, 1.82) is 0 Å². The average Bonchev–Trinajstić information content (AvgIpc) is 2.59. The minimum absolute atomic E-state index is 0.543. The van der Waals surface area contributed by atoms with Gasteiger partial charge in [0.15, 0.2) is 7.98 Å². The smallest absolute Gasteiger partial charge is 0.186 e. The Morgan fingerprint density at radius 2 is 1.93 bits per heavy atom. The van der Waals surface area contributed by atoms with E-state index in [0.29, 0.717) is 5.54 Å². The maximum atomic E-state index is 2.71. The zero-order chi connectivity index (χ0) is 10.9. The molecule has 2 aliphatic rings. The standard InChI is InChI=1S/C12H25BN2/c1-3-11(2)14-8-4-6-12(10-14)7-5-9-15(12)13/h11H,3-10,13H2,1-2H3. The highest BCUT2D eigenvalue weighted by Crippen LogP contribution is 2.36. The molecule has 3 heteroatoms. The number of rotatable bonds is 2. The van der Waals surface area contributed by atoms with Crippen LogP contribution < -0.4 is 0 Å². The van der Waals surface area contributed by atoms with E-state index in [1.165, 1.54) is 51.7 Å². The Labute approximate surface area is 95.4 Å². The Balaban J connectivity index is 2.03. The number of nitrogens with zero attached hydrogens (tertiary/aromatic N) is 2. The maximum absolute atomic E-state index is 2.71. The summed E-state index contributed by atoms with van der Waals surface area (Å²) in [7, 11) is 2.33. The normalized spacial score (nSPS) is 36.1. The third-order valence-corrected chi connectivity index (χ3v) is 4.74. The molecule has 0 saturated carbocycles. The van der Waals surface area contributed by atoms with Gasteiger partial charge < -0.3 is 4.81 Å². The van der Waals surface area contributed by atoms with E-state index >= 15 is 0 Å². The van der Waals surface area contributed by atoms with Gasteiger partial charge in [0, 0.05) is 18.1 Å². The van der Waals surface area contributed by atoms with Crippen molar-refractivity contribution < 1.29 is 0 Å². The van der Waals surface area contributed by atoms with Crippen LogP contribution in [0.1, 0.15) is 46.0 Å². The van der Waals surface area contributed by atoms with E-state index < -0.39 is 0 Å². The Kier molecular flexibility index (Phi) is 3.41. The third kappa shape index (κ3) is 2.09. The lowest BCUT2D eigenvalue weighted by atomic mass is 9.84. The van der Waals surface area contributed by atoms with E-state index in [2.05, 4.69) is 31.5 Å². The van der Waals surface area contributed by atoms with Crippen LogP contribution in [0.15, 0.2) is 0 Å². The van der Waals surface area contributed by atoms with Crippen molar-refractivity contribution in [2.45, 2.75) is 57.5 Å². The summed E-state index contributed by atoms with van der Waals surface area (Å²) < 4.78 is 0. The second-order valence-corrected chi connectivity index (χ2v) is 5.58. The van der Waals surface area contributed by atoms with Crippen molar-refractivity contribution >= 4 is 7.98 Å². The van der Waals surface area contributed by atoms with Crippen LogP contribution in [-0.4, -0.2) is 48.9 Å². The highest BCUT2D eigenvalue weighted by molar-refractivity contribution is 6.05. The second-order valence-electron chi connectivity index (χ2n) is 5.58. The first-order valence-electron chi connectivity index (χ1n) is 6.63. The molecule has 2 fully saturated rings. The monoisotopic (exact) mass is 208 g/mol. The van der Waals surface area contributed by atoms with Crippen molar-refractivity contribution in [3.05, 3.63) is 0 Å². The number of likely N-dealkylation sites (tertiary alicyclic amines) is 1. The molecule has 0 aliphatic carbocycles. The average molecular weight is 208 g/mol. The molecule has 0 amide bonds. The third-order valence-electron chi connectivity index (χ3n) is 4.74. The van der Waals surface area contributed by atoms with Crippen molar-refractivity contribution in [1.82, 2.24) is 9.71 Å². The maximum Gasteiger partial charge on any atom is 0.186 e. The van der Waals surface area contributed by atoms with Crippen LogP contribution in [0.4, 0.5) is 0 Å². The Morgan fingerprint density at radius 3 is 2.53 bits per heavy atom. The van der Waals surface area contributed by atoms with Gasteiger partial charge in [0.05, 0.1) is 0 Å². The first kappa shape index (κ1) is 11.5. The Bertz CT molecular complexity index is 222. The summed E-state index contributed by atoms with van der Waals surface area (Å²) >= 11 is 0. The minimum Gasteiger partial charge on any atom is -0.343 e. The topological polar surface area (TPSA) is 6.48 Å². The van der Waals surface area contributed by atoms with E-state index in [-0.39, 0.29) is 0 Å². The van der Waals surface area contributed by atoms with Crippen LogP contribution >= 0.6 is 0 Å². The van der Waals surface area contributed by atoms with E-state index in [4.69, 9.17) is 0 Å². The Hall–Kier alpha value is -0.0151. The second kappa shape index (κ2) is 4.46. The van der Waals surface area contributed by atoms with Crippen LogP contribution in [0.2, 0.25) is 0 Å². The molecule has 2 saturated heterocycles. The van der Waals surface area contributed by atoms with Gasteiger partial charge in [0.25, 0.3) is 0 Å². The van der Waals surface area contributed by atoms with E-state index in [9.17, 15) is 0 Å². The largest absolute Gasteiger partial charge is 0.343 e. The van der Waals surface area contributed by atoms with Crippen molar-refractivity contribution in [3.8, 4) is 0 Å². The van der Waals surface area contributed by atoms with E-state index in [1.54, 1.807) is 0 Å². The number of hydrogen-bond donors (Lipinski definition) is 0. The number of hydrogen-bond acceptors (Lipinski definition) is 2. The molecule has 0 bridgehead atoms. The molecule has 2 atom stereocenters. The van der Waals surface area contributed by atoms with Crippen LogP contribution in [0, 0.1) is 0 Å². The molecule has 0 aromatic heterocycles. The molecule has 2 rings (SSSR count). The van der Waals surface area contributed by atoms with Crippen LogP contribution in [0.25, 0.3) is 0 Å². The van der Waals surface area contributed by atoms with Gasteiger partial charge in [-0.1, -0.05) is 6.92 Å². The van der Waals surface area contributed by atoms with Crippen LogP contribution in [-0.2, 0) is 0 Å². The quantitative estimate of drug-likeness (QED) is 0.630. The van der Waals surface area contributed by atoms with Crippen LogP contribution in [0.3, 0.4) is 0 Å². The molecule has 15 heavy (non-hydrogen) atoms. The highest BCUT2D eigenvalue weighted by Gasteiger charge is 2.41. The summed E-state index contributed by atoms with van der Waals surface area (Å²) in [4.78, 5) is 5.34. The predicted octanol–water partition coefficient (Wildman–Crippen LogP) is 1.26. The molecule has 1 spiro atoms. The van der Waals surface area contributed by atoms with Gasteiger partial charge in [-0.25, -0.2) is 0 Å². The molecule has 2 unspecified atom stereocenters. The lowest BCUT2D eigenvalue weighted by molar-refractivity contribution is 0.0630. The fourth-order valence-corrected chi connectivity index (χ4v) is 3.37. The van der Waals surface area contributed by atoms with Gasteiger partial charge in [0.2, 0.25) is 0 Å². The van der Waals surface area contributed by atoms with Gasteiger partial charge in [-0.3, -0.25) is 4.90 Å². The molecular formula is C12H25BN2. The molecule has 0 aromatic rings. The van der Waals surface area contributed by atoms with Gasteiger partial charge in [-0.05, 0) is 52.1 Å². The van der Waals surface area contributed by atoms with Gasteiger partial charge >= 0.3 is 0 Å². The molecule has 2 aliphatic heterocycles. The molecule has 0 aromatic carbocycles. The molecular weight excluding hydrogens is 183 g/mol. The first-order valence-corrected chi connectivity index (χ1v) is 6.63. The summed E-state index contributed by atoms with van der Waals surface area (Å²) in [5.41, 5.74) is 0.543. The summed E-state index contributed by atoms with van der Waals surface area (Å²) in [5.74, 6) is 0. The van der Waals surface area contributed by atoms with Gasteiger partial charge in [-0.15, -0.1) is 0 Å². The number of piperidine rings is 1. The van der Waals surface area contributed by atoms with Crippen LogP contribution in [0.5, 0.6) is 0 Å². The first-order chi connectivity index (χ1) is 7.18. The summed E-state index contributed by atoms with van der Waals surface area (Å²) in [6, 6.07) is 0.774. The lowest BCUT2D eigenvalue weighted by Gasteiger charge is -2.47. The summed E-state index contributed by atoms with van der Waals surface area (Å²) in [5, 5.41) is 0. The van der Waals surface area contributed by atoms with E-state index in [1.807, 2.05) is 0 Å². The summed E-state index contributed by atoms with van der Waals surface area (Å²) in [6.45, 7) is 8.65. The van der Waals surface area contributed by atoms with Gasteiger partial charge in [0.1, 0.15) is 0 Å². The molecule has 2 nitrogen and oxygen atoms in total. The minimum atomic E-state index is 0.543.